The molecule has 29 heavy (non-hydrogen) atoms. The van der Waals surface area contributed by atoms with E-state index < -0.39 is 11.9 Å². The zero-order valence-corrected chi connectivity index (χ0v) is 22.0. The minimum Gasteiger partial charge on any atom is -0.545 e. The quantitative estimate of drug-likeness (QED) is 0.324. The molecule has 0 radical (unpaired) electrons. The summed E-state index contributed by atoms with van der Waals surface area (Å²) in [6, 6.07) is 20.2. The molecular weight excluding hydrogens is 600 g/mol. The summed E-state index contributed by atoms with van der Waals surface area (Å²) in [7, 11) is 0. The van der Waals surface area contributed by atoms with Gasteiger partial charge in [-0.15, -0.1) is 0 Å². The molecule has 0 saturated carbocycles. The number of hydrogen-bond acceptors (Lipinski definition) is 4. The summed E-state index contributed by atoms with van der Waals surface area (Å²) in [6.45, 7) is 0. The summed E-state index contributed by atoms with van der Waals surface area (Å²) in [5.41, 5.74) is 0.343. The predicted molar refractivity (Wildman–Crippen MR) is 107 cm³/mol. The third-order valence-corrected chi connectivity index (χ3v) is 4.84. The maximum absolute atomic E-state index is 10.8. The van der Waals surface area contributed by atoms with Crippen molar-refractivity contribution >= 4 is 56.7 Å². The van der Waals surface area contributed by atoms with E-state index in [-0.39, 0.29) is 38.8 Å². The van der Waals surface area contributed by atoms with Crippen LogP contribution in [0.1, 0.15) is 20.7 Å². The summed E-state index contributed by atoms with van der Waals surface area (Å²) in [5, 5.41) is 25.3. The van der Waals surface area contributed by atoms with E-state index in [2.05, 4.69) is 0 Å². The minimum absolute atomic E-state index is 0. The summed E-state index contributed by atoms with van der Waals surface area (Å²) >= 11 is 11.8. The van der Waals surface area contributed by atoms with Crippen molar-refractivity contribution in [3.8, 4) is 0 Å². The number of carboxylic acid groups (broad SMARTS) is 2. The molecule has 0 aliphatic heterocycles. The van der Waals surface area contributed by atoms with Gasteiger partial charge in [0.15, 0.2) is 0 Å². The standard InChI is InChI=1S/2C11H7ClO2.Hg/c2*12-10-6-2-3-7-8(10)4-1-5-9(7)11(13)14;/h2*1-6H,(H,13,14);/q;;+2/p-2. The van der Waals surface area contributed by atoms with E-state index in [9.17, 15) is 19.8 Å². The van der Waals surface area contributed by atoms with Crippen LogP contribution in [0.4, 0.5) is 0 Å². The van der Waals surface area contributed by atoms with Crippen molar-refractivity contribution in [1.29, 1.82) is 0 Å². The molecular formula is C22H12Cl2HgO4. The van der Waals surface area contributed by atoms with Crippen LogP contribution in [0, 0.1) is 0 Å². The van der Waals surface area contributed by atoms with Gasteiger partial charge in [0, 0.05) is 31.9 Å². The van der Waals surface area contributed by atoms with E-state index >= 15 is 0 Å². The van der Waals surface area contributed by atoms with Gasteiger partial charge in [0.1, 0.15) is 0 Å². The van der Waals surface area contributed by atoms with Crippen molar-refractivity contribution < 1.29 is 47.5 Å². The van der Waals surface area contributed by atoms with E-state index in [1.54, 1.807) is 60.7 Å². The molecule has 4 nitrogen and oxygen atoms in total. The van der Waals surface area contributed by atoms with Crippen LogP contribution in [0.5, 0.6) is 0 Å². The molecule has 0 aliphatic carbocycles. The van der Waals surface area contributed by atoms with Crippen LogP contribution in [0.15, 0.2) is 72.8 Å². The number of carbonyl (C=O) groups excluding carboxylic acids is 2. The van der Waals surface area contributed by atoms with Gasteiger partial charge in [0.25, 0.3) is 0 Å². The predicted octanol–water partition coefficient (Wildman–Crippen LogP) is 3.71. The molecule has 0 N–H and O–H groups in total. The SMILES string of the molecule is O=C([O-])c1cccc2c(Cl)cccc12.O=C([O-])c1cccc2c(Cl)cccc12.[Hg+2]. The fourth-order valence-corrected chi connectivity index (χ4v) is 3.37. The van der Waals surface area contributed by atoms with Crippen LogP contribution in [0.25, 0.3) is 21.5 Å². The maximum Gasteiger partial charge on any atom is 2.00 e. The molecule has 0 atom stereocenters. The van der Waals surface area contributed by atoms with E-state index in [0.29, 0.717) is 20.8 Å². The molecule has 0 aromatic heterocycles. The van der Waals surface area contributed by atoms with E-state index in [1.807, 2.05) is 0 Å². The van der Waals surface area contributed by atoms with Gasteiger partial charge in [-0.3, -0.25) is 0 Å². The van der Waals surface area contributed by atoms with Gasteiger partial charge in [0.2, 0.25) is 0 Å². The van der Waals surface area contributed by atoms with Gasteiger partial charge < -0.3 is 19.8 Å². The molecule has 0 amide bonds. The van der Waals surface area contributed by atoms with Crippen molar-refractivity contribution in [2.45, 2.75) is 0 Å². The van der Waals surface area contributed by atoms with Crippen molar-refractivity contribution in [1.82, 2.24) is 0 Å². The monoisotopic (exact) mass is 612 g/mol. The summed E-state index contributed by atoms with van der Waals surface area (Å²) in [4.78, 5) is 21.5. The smallest absolute Gasteiger partial charge is 0.545 e. The molecule has 4 aromatic rings. The first kappa shape index (κ1) is 23.1. The number of fused-ring (bicyclic) bond motifs is 2. The van der Waals surface area contributed by atoms with Crippen LogP contribution in [0.2, 0.25) is 10.0 Å². The van der Waals surface area contributed by atoms with E-state index in [4.69, 9.17) is 23.2 Å². The Morgan fingerprint density at radius 1 is 0.552 bits per heavy atom. The number of carboxylic acids is 2. The zero-order chi connectivity index (χ0) is 20.3. The number of hydrogen-bond donors (Lipinski definition) is 0. The Morgan fingerprint density at radius 2 is 0.862 bits per heavy atom. The van der Waals surface area contributed by atoms with Crippen molar-refractivity contribution in [3.63, 3.8) is 0 Å². The first-order valence-corrected chi connectivity index (χ1v) is 8.93. The molecule has 4 rings (SSSR count). The molecule has 0 saturated heterocycles. The average Bonchev–Trinajstić information content (AvgIpc) is 2.68. The fraction of sp³-hybridized carbons (Fsp3) is 0. The minimum atomic E-state index is -1.18. The Balaban J connectivity index is 0.000000200. The largest absolute Gasteiger partial charge is 2.00 e. The van der Waals surface area contributed by atoms with Crippen LogP contribution in [0.3, 0.4) is 0 Å². The Kier molecular flexibility index (Phi) is 8.02. The average molecular weight is 612 g/mol. The molecule has 0 heterocycles. The van der Waals surface area contributed by atoms with Gasteiger partial charge in [0.05, 0.1) is 11.9 Å². The summed E-state index contributed by atoms with van der Waals surface area (Å²) < 4.78 is 0. The molecule has 140 valence electrons. The second kappa shape index (κ2) is 10.1. The second-order valence-corrected chi connectivity index (χ2v) is 6.67. The van der Waals surface area contributed by atoms with E-state index in [1.165, 1.54) is 12.1 Å². The van der Waals surface area contributed by atoms with E-state index in [0.717, 1.165) is 10.8 Å². The third-order valence-electron chi connectivity index (χ3n) is 4.18. The normalized spacial score (nSPS) is 10.0. The molecule has 0 bridgehead atoms. The van der Waals surface area contributed by atoms with Crippen LogP contribution < -0.4 is 10.2 Å². The summed E-state index contributed by atoms with van der Waals surface area (Å²) in [6.07, 6.45) is 0. The first-order valence-electron chi connectivity index (χ1n) is 8.17. The Bertz CT molecular complexity index is 1110. The van der Waals surface area contributed by atoms with Gasteiger partial charge in [-0.1, -0.05) is 83.9 Å². The van der Waals surface area contributed by atoms with Gasteiger partial charge in [-0.2, -0.15) is 0 Å². The molecule has 4 aromatic carbocycles. The molecule has 0 fully saturated rings. The van der Waals surface area contributed by atoms with Crippen molar-refractivity contribution in [2.24, 2.45) is 0 Å². The fourth-order valence-electron chi connectivity index (χ4n) is 2.90. The number of halogens is 2. The third kappa shape index (κ3) is 5.07. The van der Waals surface area contributed by atoms with Gasteiger partial charge >= 0.3 is 27.7 Å². The zero-order valence-electron chi connectivity index (χ0n) is 15.0. The maximum atomic E-state index is 10.8. The molecule has 7 heteroatoms. The molecule has 0 aliphatic rings. The number of benzene rings is 4. The summed E-state index contributed by atoms with van der Waals surface area (Å²) in [5.74, 6) is -2.37. The molecule has 0 spiro atoms. The molecule has 0 unspecified atom stereocenters. The Labute approximate surface area is 197 Å². The topological polar surface area (TPSA) is 80.3 Å². The Hall–Kier alpha value is -2.14. The van der Waals surface area contributed by atoms with Gasteiger partial charge in [-0.25, -0.2) is 0 Å². The van der Waals surface area contributed by atoms with Crippen LogP contribution in [-0.2, 0) is 27.7 Å². The first-order chi connectivity index (χ1) is 13.4. The number of rotatable bonds is 2. The van der Waals surface area contributed by atoms with Crippen molar-refractivity contribution in [2.75, 3.05) is 0 Å². The number of aromatic carboxylic acids is 2. The Morgan fingerprint density at radius 3 is 1.21 bits per heavy atom. The van der Waals surface area contributed by atoms with Gasteiger partial charge in [-0.05, 0) is 22.9 Å². The second-order valence-electron chi connectivity index (χ2n) is 5.86. The number of carbonyl (C=O) groups is 2. The van der Waals surface area contributed by atoms with Crippen LogP contribution >= 0.6 is 23.2 Å². The van der Waals surface area contributed by atoms with Crippen LogP contribution in [-0.4, -0.2) is 11.9 Å². The van der Waals surface area contributed by atoms with Crippen molar-refractivity contribution in [3.05, 3.63) is 94.0 Å².